The number of amides is 1. The zero-order valence-corrected chi connectivity index (χ0v) is 16.0. The molecule has 0 aromatic heterocycles. The van der Waals surface area contributed by atoms with Gasteiger partial charge in [0.2, 0.25) is 6.79 Å². The summed E-state index contributed by atoms with van der Waals surface area (Å²) < 4.78 is 15.8. The maximum atomic E-state index is 12.3. The predicted molar refractivity (Wildman–Crippen MR) is 112 cm³/mol. The van der Waals surface area contributed by atoms with Crippen molar-refractivity contribution in [3.63, 3.8) is 0 Å². The Morgan fingerprint density at radius 2 is 1.70 bits per heavy atom. The molecule has 6 nitrogen and oxygen atoms in total. The molecule has 1 amide bonds. The quantitative estimate of drug-likeness (QED) is 0.489. The maximum Gasteiger partial charge on any atom is 0.331 e. The predicted octanol–water partition coefficient (Wildman–Crippen LogP) is 4.42. The van der Waals surface area contributed by atoms with Crippen molar-refractivity contribution in [2.75, 3.05) is 12.1 Å². The molecule has 3 aromatic carbocycles. The van der Waals surface area contributed by atoms with Crippen molar-refractivity contribution < 1.29 is 23.8 Å². The lowest BCUT2D eigenvalue weighted by atomic mass is 10.1. The van der Waals surface area contributed by atoms with E-state index in [4.69, 9.17) is 14.2 Å². The van der Waals surface area contributed by atoms with Gasteiger partial charge in [-0.05, 0) is 53.6 Å². The van der Waals surface area contributed by atoms with E-state index >= 15 is 0 Å². The highest BCUT2D eigenvalue weighted by molar-refractivity contribution is 6.04. The Balaban J connectivity index is 1.28. The fraction of sp³-hybridized carbons (Fsp3) is 0.0833. The number of para-hydroxylation sites is 1. The first-order chi connectivity index (χ1) is 14.7. The van der Waals surface area contributed by atoms with Crippen LogP contribution in [0.25, 0.3) is 6.08 Å². The van der Waals surface area contributed by atoms with Crippen LogP contribution in [0, 0.1) is 0 Å². The van der Waals surface area contributed by atoms with E-state index in [2.05, 4.69) is 5.32 Å². The number of nitrogens with one attached hydrogen (secondary N) is 1. The topological polar surface area (TPSA) is 73.9 Å². The van der Waals surface area contributed by atoms with Gasteiger partial charge in [-0.1, -0.05) is 36.4 Å². The standard InChI is InChI=1S/C24H19NO5/c26-23(13-9-17-8-12-21-22(14-17)30-16-29-21)28-15-18-6-10-19(11-7-18)24(27)25-20-4-2-1-3-5-20/h1-14H,15-16H2,(H,25,27)/b13-9+. The largest absolute Gasteiger partial charge is 0.458 e. The SMILES string of the molecule is O=C(/C=C/c1ccc2c(c1)OCO2)OCc1ccc(C(=O)Nc2ccccc2)cc1. The number of ether oxygens (including phenoxy) is 3. The Morgan fingerprint density at radius 3 is 2.50 bits per heavy atom. The second-order valence-electron chi connectivity index (χ2n) is 6.57. The lowest BCUT2D eigenvalue weighted by Crippen LogP contribution is -2.11. The molecule has 1 aliphatic heterocycles. The van der Waals surface area contributed by atoms with Gasteiger partial charge in [-0.3, -0.25) is 4.79 Å². The number of carbonyl (C=O) groups is 2. The third-order valence-electron chi connectivity index (χ3n) is 4.44. The second kappa shape index (κ2) is 8.96. The van der Waals surface area contributed by atoms with Gasteiger partial charge in [0, 0.05) is 17.3 Å². The first-order valence-electron chi connectivity index (χ1n) is 9.37. The van der Waals surface area contributed by atoms with Crippen molar-refractivity contribution in [2.24, 2.45) is 0 Å². The first-order valence-corrected chi connectivity index (χ1v) is 9.37. The van der Waals surface area contributed by atoms with Crippen LogP contribution in [-0.4, -0.2) is 18.7 Å². The van der Waals surface area contributed by atoms with Crippen molar-refractivity contribution in [3.8, 4) is 11.5 Å². The summed E-state index contributed by atoms with van der Waals surface area (Å²) >= 11 is 0. The molecule has 0 aliphatic carbocycles. The van der Waals surface area contributed by atoms with E-state index in [0.717, 1.165) is 16.8 Å². The molecule has 0 atom stereocenters. The molecule has 3 aromatic rings. The minimum Gasteiger partial charge on any atom is -0.458 e. The highest BCUT2D eigenvalue weighted by Crippen LogP contribution is 2.32. The maximum absolute atomic E-state index is 12.3. The van der Waals surface area contributed by atoms with Gasteiger partial charge in [0.25, 0.3) is 5.91 Å². The third-order valence-corrected chi connectivity index (χ3v) is 4.44. The molecule has 1 N–H and O–H groups in total. The Labute approximate surface area is 173 Å². The monoisotopic (exact) mass is 401 g/mol. The molecule has 0 fully saturated rings. The summed E-state index contributed by atoms with van der Waals surface area (Å²) in [6.45, 7) is 0.322. The van der Waals surface area contributed by atoms with E-state index in [0.29, 0.717) is 17.1 Å². The van der Waals surface area contributed by atoms with Crippen LogP contribution in [0.3, 0.4) is 0 Å². The molecule has 0 spiro atoms. The summed E-state index contributed by atoms with van der Waals surface area (Å²) in [6, 6.07) is 21.6. The lowest BCUT2D eigenvalue weighted by Gasteiger charge is -2.06. The van der Waals surface area contributed by atoms with Gasteiger partial charge in [0.1, 0.15) is 6.61 Å². The Bertz CT molecular complexity index is 1070. The zero-order valence-electron chi connectivity index (χ0n) is 16.0. The Kier molecular flexibility index (Phi) is 5.75. The molecule has 150 valence electrons. The number of rotatable bonds is 6. The Morgan fingerprint density at radius 1 is 0.933 bits per heavy atom. The molecule has 4 rings (SSSR count). The lowest BCUT2D eigenvalue weighted by molar-refractivity contribution is -0.138. The van der Waals surface area contributed by atoms with Crippen molar-refractivity contribution in [1.29, 1.82) is 0 Å². The summed E-state index contributed by atoms with van der Waals surface area (Å²) in [4.78, 5) is 24.2. The van der Waals surface area contributed by atoms with Gasteiger partial charge >= 0.3 is 5.97 Å². The van der Waals surface area contributed by atoms with Crippen LogP contribution < -0.4 is 14.8 Å². The first kappa shape index (κ1) is 19.3. The molecule has 1 heterocycles. The van der Waals surface area contributed by atoms with Crippen LogP contribution in [0.15, 0.2) is 78.9 Å². The van der Waals surface area contributed by atoms with Gasteiger partial charge in [0.15, 0.2) is 11.5 Å². The van der Waals surface area contributed by atoms with Gasteiger partial charge in [-0.2, -0.15) is 0 Å². The number of hydrogen-bond acceptors (Lipinski definition) is 5. The fourth-order valence-electron chi connectivity index (χ4n) is 2.86. The van der Waals surface area contributed by atoms with Crippen molar-refractivity contribution in [3.05, 3.63) is 95.6 Å². The van der Waals surface area contributed by atoms with Crippen molar-refractivity contribution in [1.82, 2.24) is 0 Å². The molecule has 30 heavy (non-hydrogen) atoms. The molecular weight excluding hydrogens is 382 g/mol. The van der Waals surface area contributed by atoms with Crippen LogP contribution in [0.5, 0.6) is 11.5 Å². The summed E-state index contributed by atoms with van der Waals surface area (Å²) in [5.41, 5.74) is 2.85. The molecule has 1 aliphatic rings. The number of hydrogen-bond donors (Lipinski definition) is 1. The third kappa shape index (κ3) is 4.86. The molecule has 0 saturated heterocycles. The van der Waals surface area contributed by atoms with Crippen LogP contribution in [0.2, 0.25) is 0 Å². The van der Waals surface area contributed by atoms with E-state index in [9.17, 15) is 9.59 Å². The van der Waals surface area contributed by atoms with E-state index in [1.165, 1.54) is 6.08 Å². The van der Waals surface area contributed by atoms with Crippen LogP contribution in [0.1, 0.15) is 21.5 Å². The second-order valence-corrected chi connectivity index (χ2v) is 6.57. The molecule has 6 heteroatoms. The van der Waals surface area contributed by atoms with Crippen LogP contribution >= 0.6 is 0 Å². The zero-order chi connectivity index (χ0) is 20.8. The molecule has 0 radical (unpaired) electrons. The average molecular weight is 401 g/mol. The number of anilines is 1. The van der Waals surface area contributed by atoms with E-state index in [1.54, 1.807) is 42.5 Å². The molecule has 0 saturated carbocycles. The molecule has 0 unspecified atom stereocenters. The van der Waals surface area contributed by atoms with Gasteiger partial charge in [-0.15, -0.1) is 0 Å². The molecular formula is C24H19NO5. The van der Waals surface area contributed by atoms with Crippen LogP contribution in [-0.2, 0) is 16.1 Å². The fourth-order valence-corrected chi connectivity index (χ4v) is 2.86. The van der Waals surface area contributed by atoms with Crippen molar-refractivity contribution in [2.45, 2.75) is 6.61 Å². The summed E-state index contributed by atoms with van der Waals surface area (Å²) in [5.74, 6) is 0.687. The highest BCUT2D eigenvalue weighted by Gasteiger charge is 2.12. The minimum atomic E-state index is -0.460. The number of fused-ring (bicyclic) bond motifs is 1. The summed E-state index contributed by atoms with van der Waals surface area (Å²) in [7, 11) is 0. The van der Waals surface area contributed by atoms with E-state index < -0.39 is 5.97 Å². The smallest absolute Gasteiger partial charge is 0.331 e. The number of carbonyl (C=O) groups excluding carboxylic acids is 2. The van der Waals surface area contributed by atoms with Gasteiger partial charge in [-0.25, -0.2) is 4.79 Å². The minimum absolute atomic E-state index is 0.116. The number of benzene rings is 3. The van der Waals surface area contributed by atoms with Crippen molar-refractivity contribution >= 4 is 23.6 Å². The van der Waals surface area contributed by atoms with E-state index in [-0.39, 0.29) is 19.3 Å². The average Bonchev–Trinajstić information content (AvgIpc) is 3.25. The van der Waals surface area contributed by atoms with Gasteiger partial charge < -0.3 is 19.5 Å². The van der Waals surface area contributed by atoms with E-state index in [1.807, 2.05) is 36.4 Å². The normalized spacial score (nSPS) is 12.0. The summed E-state index contributed by atoms with van der Waals surface area (Å²) in [5, 5.41) is 2.83. The highest BCUT2D eigenvalue weighted by atomic mass is 16.7. The number of esters is 1. The molecule has 0 bridgehead atoms. The Hall–Kier alpha value is -4.06. The van der Waals surface area contributed by atoms with Gasteiger partial charge in [0.05, 0.1) is 0 Å². The summed E-state index contributed by atoms with van der Waals surface area (Å²) in [6.07, 6.45) is 3.01. The van der Waals surface area contributed by atoms with Crippen LogP contribution in [0.4, 0.5) is 5.69 Å².